The van der Waals surface area contributed by atoms with Gasteiger partial charge in [-0.05, 0) is 44.9 Å². The lowest BCUT2D eigenvalue weighted by Crippen LogP contribution is -2.40. The standard InChI is InChI=1S/C14H20BrNO2/c1-14(2,3)16-13(18)8-7-12(17)10-5-4-6-11(15)9-10/h4-6,9,12,17H,7-8H2,1-3H3,(H,16,18). The number of hydrogen-bond donors (Lipinski definition) is 2. The molecule has 1 aromatic carbocycles. The van der Waals surface area contributed by atoms with Crippen LogP contribution in [0.25, 0.3) is 0 Å². The molecule has 0 fully saturated rings. The van der Waals surface area contributed by atoms with E-state index in [1.165, 1.54) is 0 Å². The van der Waals surface area contributed by atoms with Crippen LogP contribution in [-0.2, 0) is 4.79 Å². The third-order valence-corrected chi connectivity index (χ3v) is 2.89. The summed E-state index contributed by atoms with van der Waals surface area (Å²) >= 11 is 3.36. The molecule has 0 aliphatic carbocycles. The van der Waals surface area contributed by atoms with E-state index in [0.29, 0.717) is 12.8 Å². The zero-order chi connectivity index (χ0) is 13.8. The van der Waals surface area contributed by atoms with Gasteiger partial charge in [0.05, 0.1) is 6.10 Å². The summed E-state index contributed by atoms with van der Waals surface area (Å²) in [6.07, 6.45) is 0.150. The van der Waals surface area contributed by atoms with Crippen molar-refractivity contribution in [3.8, 4) is 0 Å². The van der Waals surface area contributed by atoms with Gasteiger partial charge in [0.25, 0.3) is 0 Å². The Morgan fingerprint density at radius 3 is 2.67 bits per heavy atom. The second kappa shape index (κ2) is 6.34. The third kappa shape index (κ3) is 5.65. The Bertz CT molecular complexity index is 413. The summed E-state index contributed by atoms with van der Waals surface area (Å²) in [5.41, 5.74) is 0.602. The molecule has 0 radical (unpaired) electrons. The molecule has 0 aromatic heterocycles. The largest absolute Gasteiger partial charge is 0.388 e. The van der Waals surface area contributed by atoms with Gasteiger partial charge >= 0.3 is 0 Å². The fourth-order valence-electron chi connectivity index (χ4n) is 1.63. The van der Waals surface area contributed by atoms with Crippen LogP contribution < -0.4 is 5.32 Å². The molecule has 2 N–H and O–H groups in total. The van der Waals surface area contributed by atoms with Crippen LogP contribution in [0.4, 0.5) is 0 Å². The maximum absolute atomic E-state index is 11.6. The Hall–Kier alpha value is -0.870. The van der Waals surface area contributed by atoms with Crippen molar-refractivity contribution in [2.24, 2.45) is 0 Å². The Labute approximate surface area is 117 Å². The number of carbonyl (C=O) groups is 1. The third-order valence-electron chi connectivity index (χ3n) is 2.39. The number of nitrogens with one attached hydrogen (secondary N) is 1. The van der Waals surface area contributed by atoms with Gasteiger partial charge in [-0.25, -0.2) is 0 Å². The van der Waals surface area contributed by atoms with Crippen LogP contribution in [0, 0.1) is 0 Å². The molecule has 1 unspecified atom stereocenters. The minimum atomic E-state index is -0.604. The maximum Gasteiger partial charge on any atom is 0.220 e. The van der Waals surface area contributed by atoms with Gasteiger partial charge in [0.15, 0.2) is 0 Å². The molecule has 3 nitrogen and oxygen atoms in total. The van der Waals surface area contributed by atoms with Crippen molar-refractivity contribution in [2.45, 2.75) is 45.3 Å². The van der Waals surface area contributed by atoms with Crippen LogP contribution in [0.15, 0.2) is 28.7 Å². The summed E-state index contributed by atoms with van der Waals surface area (Å²) in [4.78, 5) is 11.6. The van der Waals surface area contributed by atoms with Gasteiger partial charge in [-0.1, -0.05) is 28.1 Å². The van der Waals surface area contributed by atoms with Crippen LogP contribution in [0.3, 0.4) is 0 Å². The highest BCUT2D eigenvalue weighted by atomic mass is 79.9. The number of halogens is 1. The molecule has 1 aromatic rings. The van der Waals surface area contributed by atoms with E-state index in [1.807, 2.05) is 45.0 Å². The molecule has 0 spiro atoms. The number of amides is 1. The monoisotopic (exact) mass is 313 g/mol. The van der Waals surface area contributed by atoms with E-state index < -0.39 is 6.10 Å². The van der Waals surface area contributed by atoms with Crippen LogP contribution in [0.5, 0.6) is 0 Å². The molecule has 1 rings (SSSR count). The van der Waals surface area contributed by atoms with Crippen molar-refractivity contribution in [2.75, 3.05) is 0 Å². The molecule has 0 aliphatic rings. The van der Waals surface area contributed by atoms with E-state index in [4.69, 9.17) is 0 Å². The molecule has 1 atom stereocenters. The van der Waals surface area contributed by atoms with Crippen LogP contribution in [-0.4, -0.2) is 16.6 Å². The van der Waals surface area contributed by atoms with Crippen molar-refractivity contribution in [1.82, 2.24) is 5.32 Å². The highest BCUT2D eigenvalue weighted by Crippen LogP contribution is 2.21. The molecule has 0 aliphatic heterocycles. The molecule has 0 bridgehead atoms. The highest BCUT2D eigenvalue weighted by Gasteiger charge is 2.15. The summed E-state index contributed by atoms with van der Waals surface area (Å²) in [6.45, 7) is 5.82. The Morgan fingerprint density at radius 2 is 2.11 bits per heavy atom. The minimum absolute atomic E-state index is 0.0310. The normalized spacial score (nSPS) is 13.2. The summed E-state index contributed by atoms with van der Waals surface area (Å²) in [5, 5.41) is 12.9. The van der Waals surface area contributed by atoms with Crippen molar-refractivity contribution in [3.63, 3.8) is 0 Å². The molecule has 0 heterocycles. The van der Waals surface area contributed by atoms with Gasteiger partial charge in [-0.3, -0.25) is 4.79 Å². The molecule has 0 saturated heterocycles. The number of aliphatic hydroxyl groups is 1. The first-order valence-electron chi connectivity index (χ1n) is 6.02. The lowest BCUT2D eigenvalue weighted by Gasteiger charge is -2.21. The van der Waals surface area contributed by atoms with Crippen molar-refractivity contribution < 1.29 is 9.90 Å². The molecule has 4 heteroatoms. The van der Waals surface area contributed by atoms with E-state index >= 15 is 0 Å². The fraction of sp³-hybridized carbons (Fsp3) is 0.500. The van der Waals surface area contributed by atoms with Crippen molar-refractivity contribution in [3.05, 3.63) is 34.3 Å². The first-order chi connectivity index (χ1) is 8.28. The zero-order valence-electron chi connectivity index (χ0n) is 11.0. The average molecular weight is 314 g/mol. The second-order valence-electron chi connectivity index (χ2n) is 5.41. The lowest BCUT2D eigenvalue weighted by molar-refractivity contribution is -0.123. The molecule has 1 amide bonds. The SMILES string of the molecule is CC(C)(C)NC(=O)CCC(O)c1cccc(Br)c1. The first-order valence-corrected chi connectivity index (χ1v) is 6.82. The zero-order valence-corrected chi connectivity index (χ0v) is 12.6. The number of carbonyl (C=O) groups excluding carboxylic acids is 1. The molecule has 0 saturated carbocycles. The van der Waals surface area contributed by atoms with E-state index in [-0.39, 0.29) is 11.4 Å². The summed E-state index contributed by atoms with van der Waals surface area (Å²) in [6, 6.07) is 7.50. The van der Waals surface area contributed by atoms with Crippen LogP contribution in [0.2, 0.25) is 0 Å². The van der Waals surface area contributed by atoms with E-state index in [1.54, 1.807) is 0 Å². The van der Waals surface area contributed by atoms with Crippen LogP contribution in [0.1, 0.15) is 45.3 Å². The van der Waals surface area contributed by atoms with E-state index in [2.05, 4.69) is 21.2 Å². The molecular weight excluding hydrogens is 294 g/mol. The maximum atomic E-state index is 11.6. The summed E-state index contributed by atoms with van der Waals surface area (Å²) in [5.74, 6) is -0.0310. The predicted molar refractivity (Wildman–Crippen MR) is 76.2 cm³/mol. The topological polar surface area (TPSA) is 49.3 Å². The average Bonchev–Trinajstić information content (AvgIpc) is 2.23. The predicted octanol–water partition coefficient (Wildman–Crippen LogP) is 3.18. The van der Waals surface area contributed by atoms with E-state index in [9.17, 15) is 9.90 Å². The number of benzene rings is 1. The second-order valence-corrected chi connectivity index (χ2v) is 6.32. The van der Waals surface area contributed by atoms with Gasteiger partial charge in [0, 0.05) is 16.4 Å². The first kappa shape index (κ1) is 15.2. The van der Waals surface area contributed by atoms with E-state index in [0.717, 1.165) is 10.0 Å². The minimum Gasteiger partial charge on any atom is -0.388 e. The quantitative estimate of drug-likeness (QED) is 0.897. The van der Waals surface area contributed by atoms with Crippen molar-refractivity contribution in [1.29, 1.82) is 0 Å². The van der Waals surface area contributed by atoms with Gasteiger partial charge in [0.2, 0.25) is 5.91 Å². The highest BCUT2D eigenvalue weighted by molar-refractivity contribution is 9.10. The van der Waals surface area contributed by atoms with Crippen molar-refractivity contribution >= 4 is 21.8 Å². The number of rotatable bonds is 4. The van der Waals surface area contributed by atoms with Gasteiger partial charge < -0.3 is 10.4 Å². The summed E-state index contributed by atoms with van der Waals surface area (Å²) in [7, 11) is 0. The molecular formula is C14H20BrNO2. The Kier molecular flexibility index (Phi) is 5.35. The van der Waals surface area contributed by atoms with Gasteiger partial charge in [-0.2, -0.15) is 0 Å². The molecule has 18 heavy (non-hydrogen) atoms. The Balaban J connectivity index is 2.46. The number of aliphatic hydroxyl groups excluding tert-OH is 1. The Morgan fingerprint density at radius 1 is 1.44 bits per heavy atom. The van der Waals surface area contributed by atoms with Gasteiger partial charge in [0.1, 0.15) is 0 Å². The molecule has 100 valence electrons. The van der Waals surface area contributed by atoms with Gasteiger partial charge in [-0.15, -0.1) is 0 Å². The fourth-order valence-corrected chi connectivity index (χ4v) is 2.05. The number of hydrogen-bond acceptors (Lipinski definition) is 2. The lowest BCUT2D eigenvalue weighted by atomic mass is 10.0. The smallest absolute Gasteiger partial charge is 0.220 e. The van der Waals surface area contributed by atoms with Crippen LogP contribution >= 0.6 is 15.9 Å². The summed E-state index contributed by atoms with van der Waals surface area (Å²) < 4.78 is 0.929.